The molecule has 5 atom stereocenters. The van der Waals surface area contributed by atoms with E-state index in [2.05, 4.69) is 27.2 Å². The molecule has 6 rings (SSSR count). The summed E-state index contributed by atoms with van der Waals surface area (Å²) in [6.07, 6.45) is 4.24. The van der Waals surface area contributed by atoms with Crippen LogP contribution in [-0.2, 0) is 56.8 Å². The summed E-state index contributed by atoms with van der Waals surface area (Å²) in [5.41, 5.74) is 0.487. The predicted octanol–water partition coefficient (Wildman–Crippen LogP) is 8.51. The van der Waals surface area contributed by atoms with Crippen LogP contribution in [0.1, 0.15) is 134 Å². The van der Waals surface area contributed by atoms with E-state index >= 15 is 0 Å². The normalized spacial score (nSPS) is 26.9. The molecule has 2 aromatic rings. The fraction of sp³-hybridized carbons (Fsp3) is 0.674. The number of carbonyl (C=O) groups is 4. The number of carbonyl (C=O) groups excluding carboxylic acids is 4. The number of aromatic nitrogens is 4. The molecule has 0 aromatic carbocycles. The van der Waals surface area contributed by atoms with Gasteiger partial charge in [-0.2, -0.15) is 10.2 Å². The number of ketones is 2. The lowest BCUT2D eigenvalue weighted by Crippen LogP contribution is -2.56. The van der Waals surface area contributed by atoms with E-state index in [1.54, 1.807) is 29.5 Å². The molecular formula is C43H62N8O6. The molecule has 2 heterocycles. The standard InChI is InChI=1S/C21H30N4O3.C21H28N4O3.CH4/c2*1-19(2,3)28-18(27)23-17-12-9-10-14-20(4,5)16(26)13(22-7)11-21(14,6)15(12)24-25(17)8;/h13-14H,9-11H2,1-6,8H3,(H,23,27);11,14H,9-10H2,1-6,8H3,(H,23,27);1H4/t13?,14-,21-;14-,21-;/m00./s1/i;;1T. The molecule has 57 heavy (non-hydrogen) atoms. The first kappa shape index (κ1) is 43.1. The van der Waals surface area contributed by atoms with Crippen molar-refractivity contribution in [1.29, 1.82) is 0 Å². The average molecular weight is 789 g/mol. The molecule has 0 saturated heterocycles. The van der Waals surface area contributed by atoms with E-state index < -0.39 is 45.7 Å². The van der Waals surface area contributed by atoms with Crippen molar-refractivity contribution in [3.8, 4) is 0 Å². The lowest BCUT2D eigenvalue weighted by atomic mass is 9.50. The zero-order valence-corrected chi connectivity index (χ0v) is 36.5. The third-order valence-electron chi connectivity index (χ3n) is 12.3. The Morgan fingerprint density at radius 1 is 0.825 bits per heavy atom. The number of hydrogen-bond donors (Lipinski definition) is 2. The number of anilines is 2. The van der Waals surface area contributed by atoms with Crippen molar-refractivity contribution in [1.82, 2.24) is 19.6 Å². The quantitative estimate of drug-likeness (QED) is 0.287. The highest BCUT2D eigenvalue weighted by molar-refractivity contribution is 6.03. The van der Waals surface area contributed by atoms with Crippen molar-refractivity contribution >= 4 is 35.4 Å². The number of Topliss-reactive ketones (excluding diaryl/α,β-unsaturated/α-hetero) is 2. The molecule has 310 valence electrons. The van der Waals surface area contributed by atoms with Crippen molar-refractivity contribution < 1.29 is 30.0 Å². The third kappa shape index (κ3) is 7.84. The molecule has 0 aliphatic heterocycles. The molecule has 14 heteroatoms. The highest BCUT2D eigenvalue weighted by atomic mass is 16.6. The minimum Gasteiger partial charge on any atom is -0.444 e. The molecule has 14 nitrogen and oxygen atoms in total. The summed E-state index contributed by atoms with van der Waals surface area (Å²) in [6, 6.07) is -0.647. The number of hydrogen-bond acceptors (Lipinski definition) is 8. The SMILES string of the molecule is [3H]C.[C-]#[N+]C1=C[C@]2(C)c3nn(C)c(NC(=O)OC(C)(C)C)c3CC[C@H]2C(C)(C)C1=O.[C-]#[N+]C1C[C@]2(C)c3nn(C)c(NC(=O)OC(C)(C)C)c3CC[C@H]2C(C)(C)C1=O. The number of amides is 2. The van der Waals surface area contributed by atoms with Gasteiger partial charge in [-0.15, -0.1) is 0 Å². The minimum atomic E-state index is -0.647. The summed E-state index contributed by atoms with van der Waals surface area (Å²) in [4.78, 5) is 57.3. The number of fused-ring (bicyclic) bond motifs is 6. The van der Waals surface area contributed by atoms with Crippen LogP contribution in [0.5, 0.6) is 0 Å². The Hall–Kier alpha value is -4.98. The van der Waals surface area contributed by atoms with Crippen molar-refractivity contribution in [2.24, 2.45) is 36.8 Å². The van der Waals surface area contributed by atoms with E-state index in [9.17, 15) is 19.2 Å². The molecule has 0 radical (unpaired) electrons. The van der Waals surface area contributed by atoms with Gasteiger partial charge in [-0.3, -0.25) is 24.8 Å². The number of allylic oxidation sites excluding steroid dienone is 2. The van der Waals surface area contributed by atoms with Gasteiger partial charge in [0.2, 0.25) is 11.5 Å². The molecule has 4 aliphatic carbocycles. The van der Waals surface area contributed by atoms with Gasteiger partial charge in [0.1, 0.15) is 22.8 Å². The Balaban J connectivity index is 0.000000246. The lowest BCUT2D eigenvalue weighted by molar-refractivity contribution is -0.137. The van der Waals surface area contributed by atoms with Crippen LogP contribution in [-0.4, -0.2) is 60.6 Å². The first-order chi connectivity index (χ1) is 26.6. The predicted molar refractivity (Wildman–Crippen MR) is 218 cm³/mol. The zero-order chi connectivity index (χ0) is 44.1. The van der Waals surface area contributed by atoms with Gasteiger partial charge < -0.3 is 19.1 Å². The van der Waals surface area contributed by atoms with Gasteiger partial charge in [-0.05, 0) is 79.1 Å². The van der Waals surface area contributed by atoms with Gasteiger partial charge in [0.05, 0.1) is 18.0 Å². The Labute approximate surface area is 339 Å². The van der Waals surface area contributed by atoms with Crippen molar-refractivity contribution in [3.63, 3.8) is 0 Å². The topological polar surface area (TPSA) is 155 Å². The number of nitrogens with one attached hydrogen (secondary N) is 2. The molecule has 2 N–H and O–H groups in total. The molecule has 0 spiro atoms. The van der Waals surface area contributed by atoms with Crippen LogP contribution in [0.25, 0.3) is 9.69 Å². The van der Waals surface area contributed by atoms with Crippen LogP contribution in [0.4, 0.5) is 21.2 Å². The van der Waals surface area contributed by atoms with Crippen LogP contribution in [0, 0.1) is 35.8 Å². The third-order valence-corrected chi connectivity index (χ3v) is 12.3. The van der Waals surface area contributed by atoms with Gasteiger partial charge in [0.15, 0.2) is 5.78 Å². The maximum absolute atomic E-state index is 12.8. The summed E-state index contributed by atoms with van der Waals surface area (Å²) >= 11 is 0. The van der Waals surface area contributed by atoms with Crippen molar-refractivity contribution in [2.45, 2.75) is 151 Å². The zero-order valence-electron chi connectivity index (χ0n) is 37.5. The summed E-state index contributed by atoms with van der Waals surface area (Å²) in [5, 5.41) is 15.1. The molecule has 2 amide bonds. The summed E-state index contributed by atoms with van der Waals surface area (Å²) in [6.45, 7) is 37.8. The second-order valence-electron chi connectivity index (χ2n) is 19.4. The number of ether oxygens (including phenoxy) is 2. The molecule has 1 fully saturated rings. The maximum Gasteiger partial charge on any atom is 0.413 e. The Bertz CT molecular complexity index is 2100. The summed E-state index contributed by atoms with van der Waals surface area (Å²) < 4.78 is 19.9. The maximum atomic E-state index is 12.8. The van der Waals surface area contributed by atoms with Gasteiger partial charge in [0.25, 0.3) is 6.04 Å². The van der Waals surface area contributed by atoms with Gasteiger partial charge in [-0.1, -0.05) is 55.0 Å². The lowest BCUT2D eigenvalue weighted by Gasteiger charge is -2.51. The van der Waals surface area contributed by atoms with E-state index in [0.29, 0.717) is 24.5 Å². The number of nitrogens with zero attached hydrogens (tertiary/aromatic N) is 6. The van der Waals surface area contributed by atoms with Crippen LogP contribution in [0.15, 0.2) is 11.8 Å². The monoisotopic (exact) mass is 788 g/mol. The van der Waals surface area contributed by atoms with Crippen LogP contribution in [0.2, 0.25) is 0 Å². The molecule has 2 aromatic heterocycles. The van der Waals surface area contributed by atoms with E-state index in [4.69, 9.17) is 34.2 Å². The van der Waals surface area contributed by atoms with E-state index in [-0.39, 0.29) is 34.5 Å². The minimum absolute atomic E-state index is 0.0368. The van der Waals surface area contributed by atoms with Gasteiger partial charge in [0, 0.05) is 54.7 Å². The van der Waals surface area contributed by atoms with E-state index in [0.717, 1.165) is 41.8 Å². The Morgan fingerprint density at radius 2 is 1.28 bits per heavy atom. The second kappa shape index (κ2) is 14.8. The first-order valence-electron chi connectivity index (χ1n) is 20.3. The van der Waals surface area contributed by atoms with Crippen molar-refractivity contribution in [2.75, 3.05) is 10.6 Å². The molecule has 0 bridgehead atoms. The highest BCUT2D eigenvalue weighted by Gasteiger charge is 2.61. The van der Waals surface area contributed by atoms with E-state index in [1.165, 1.54) is 7.40 Å². The van der Waals surface area contributed by atoms with Crippen molar-refractivity contribution in [3.05, 3.63) is 57.1 Å². The summed E-state index contributed by atoms with van der Waals surface area (Å²) in [5.74, 6) is 1.33. The molecular weight excluding hydrogens is 725 g/mol. The average Bonchev–Trinajstić information content (AvgIpc) is 3.60. The van der Waals surface area contributed by atoms with Crippen LogP contribution < -0.4 is 10.6 Å². The van der Waals surface area contributed by atoms with Gasteiger partial charge in [-0.25, -0.2) is 21.0 Å². The molecule has 1 unspecified atom stereocenters. The Kier molecular flexibility index (Phi) is 11.2. The van der Waals surface area contributed by atoms with E-state index in [1.807, 2.05) is 76.2 Å². The smallest absolute Gasteiger partial charge is 0.413 e. The van der Waals surface area contributed by atoms with Crippen LogP contribution >= 0.6 is 0 Å². The fourth-order valence-corrected chi connectivity index (χ4v) is 9.94. The first-order valence-corrected chi connectivity index (χ1v) is 19.3. The fourth-order valence-electron chi connectivity index (χ4n) is 9.94. The number of rotatable bonds is 2. The summed E-state index contributed by atoms with van der Waals surface area (Å²) in [7, 11) is 4.83. The molecule has 4 aliphatic rings. The largest absolute Gasteiger partial charge is 0.444 e. The second-order valence-corrected chi connectivity index (χ2v) is 19.4. The number of aryl methyl sites for hydroxylation is 2. The highest BCUT2D eigenvalue weighted by Crippen LogP contribution is 2.57. The van der Waals surface area contributed by atoms with Gasteiger partial charge >= 0.3 is 12.2 Å². The molecule has 1 saturated carbocycles. The Morgan fingerprint density at radius 3 is 1.74 bits per heavy atom. The van der Waals surface area contributed by atoms with Crippen LogP contribution in [0.3, 0.4) is 0 Å².